The number of hydrogen-bond donors (Lipinski definition) is 1. The summed E-state index contributed by atoms with van der Waals surface area (Å²) in [5.41, 5.74) is 3.48. The van der Waals surface area contributed by atoms with Gasteiger partial charge in [0.15, 0.2) is 0 Å². The van der Waals surface area contributed by atoms with Crippen LogP contribution in [0, 0.1) is 12.7 Å². The van der Waals surface area contributed by atoms with Crippen molar-refractivity contribution in [1.82, 2.24) is 14.9 Å². The van der Waals surface area contributed by atoms with E-state index in [4.69, 9.17) is 9.72 Å². The lowest BCUT2D eigenvalue weighted by Crippen LogP contribution is -2.26. The number of ether oxygens (including phenoxy) is 1. The van der Waals surface area contributed by atoms with Gasteiger partial charge in [0.1, 0.15) is 24.0 Å². The molecule has 0 aliphatic heterocycles. The molecule has 4 rings (SSSR count). The lowest BCUT2D eigenvalue weighted by Gasteiger charge is -2.12. The summed E-state index contributed by atoms with van der Waals surface area (Å²) in [6.07, 6.45) is 0.575. The fourth-order valence-electron chi connectivity index (χ4n) is 3.52. The number of benzene rings is 3. The lowest BCUT2D eigenvalue weighted by molar-refractivity contribution is 0.0954. The van der Waals surface area contributed by atoms with Crippen LogP contribution in [-0.2, 0) is 13.0 Å². The van der Waals surface area contributed by atoms with Crippen LogP contribution in [0.25, 0.3) is 11.0 Å². The number of carbonyl (C=O) groups is 1. The van der Waals surface area contributed by atoms with E-state index in [2.05, 4.69) is 9.88 Å². The summed E-state index contributed by atoms with van der Waals surface area (Å²) in [6.45, 7) is 3.62. The van der Waals surface area contributed by atoms with Crippen LogP contribution in [-0.4, -0.2) is 28.6 Å². The Morgan fingerprint density at radius 3 is 2.58 bits per heavy atom. The van der Waals surface area contributed by atoms with Gasteiger partial charge in [-0.15, -0.1) is 0 Å². The Kier molecular flexibility index (Phi) is 6.26. The fourth-order valence-corrected chi connectivity index (χ4v) is 3.52. The zero-order chi connectivity index (χ0) is 21.6. The number of nitrogens with one attached hydrogen (secondary N) is 1. The number of carbonyl (C=O) groups excluding carboxylic acids is 1. The van der Waals surface area contributed by atoms with E-state index in [1.165, 1.54) is 24.3 Å². The first kappa shape index (κ1) is 20.6. The molecule has 1 aromatic heterocycles. The monoisotopic (exact) mass is 417 g/mol. The number of aromatic nitrogens is 2. The average molecular weight is 417 g/mol. The Hall–Kier alpha value is -3.67. The van der Waals surface area contributed by atoms with Crippen LogP contribution >= 0.6 is 0 Å². The Labute approximate surface area is 180 Å². The molecule has 0 aliphatic carbocycles. The molecule has 0 fully saturated rings. The number of halogens is 1. The number of fused-ring (bicyclic) bond motifs is 1. The van der Waals surface area contributed by atoms with Crippen molar-refractivity contribution in [3.05, 3.63) is 95.6 Å². The zero-order valence-electron chi connectivity index (χ0n) is 17.3. The Bertz CT molecular complexity index is 1190. The standard InChI is InChI=1S/C25H24FN3O2/c1-18-6-2-5-9-23(18)31-17-16-29-22-8-4-3-7-21(22)28-24(29)14-15-27-25(30)19-10-12-20(26)13-11-19/h2-13H,14-17H2,1H3,(H,27,30). The third kappa shape index (κ3) is 4.91. The number of amides is 1. The highest BCUT2D eigenvalue weighted by Crippen LogP contribution is 2.19. The molecule has 1 amide bonds. The summed E-state index contributed by atoms with van der Waals surface area (Å²) in [5, 5.41) is 2.88. The average Bonchev–Trinajstić information content (AvgIpc) is 3.13. The third-order valence-corrected chi connectivity index (χ3v) is 5.14. The van der Waals surface area contributed by atoms with Crippen LogP contribution in [0.4, 0.5) is 4.39 Å². The molecule has 0 spiro atoms. The van der Waals surface area contributed by atoms with Crippen LogP contribution in [0.15, 0.2) is 72.8 Å². The summed E-state index contributed by atoms with van der Waals surface area (Å²) in [6, 6.07) is 21.4. The van der Waals surface area contributed by atoms with E-state index in [0.717, 1.165) is 28.2 Å². The second kappa shape index (κ2) is 9.43. The molecule has 0 atom stereocenters. The van der Waals surface area contributed by atoms with Gasteiger partial charge in [0.05, 0.1) is 17.6 Å². The number of hydrogen-bond acceptors (Lipinski definition) is 3. The van der Waals surface area contributed by atoms with E-state index < -0.39 is 0 Å². The van der Waals surface area contributed by atoms with E-state index >= 15 is 0 Å². The SMILES string of the molecule is Cc1ccccc1OCCn1c(CCNC(=O)c2ccc(F)cc2)nc2ccccc21. The minimum atomic E-state index is -0.363. The van der Waals surface area contributed by atoms with Crippen molar-refractivity contribution in [2.45, 2.75) is 19.9 Å². The first-order chi connectivity index (χ1) is 15.1. The highest BCUT2D eigenvalue weighted by molar-refractivity contribution is 5.94. The molecule has 158 valence electrons. The van der Waals surface area contributed by atoms with E-state index in [1.807, 2.05) is 55.5 Å². The van der Waals surface area contributed by atoms with Crippen LogP contribution < -0.4 is 10.1 Å². The number of nitrogens with zero attached hydrogens (tertiary/aromatic N) is 2. The molecule has 0 bridgehead atoms. The zero-order valence-corrected chi connectivity index (χ0v) is 17.3. The van der Waals surface area contributed by atoms with E-state index in [9.17, 15) is 9.18 Å². The topological polar surface area (TPSA) is 56.1 Å². The van der Waals surface area contributed by atoms with Gasteiger partial charge in [-0.1, -0.05) is 30.3 Å². The van der Waals surface area contributed by atoms with Crippen molar-refractivity contribution in [2.24, 2.45) is 0 Å². The lowest BCUT2D eigenvalue weighted by atomic mass is 10.2. The number of imidazole rings is 1. The highest BCUT2D eigenvalue weighted by atomic mass is 19.1. The molecule has 0 radical (unpaired) electrons. The van der Waals surface area contributed by atoms with Gasteiger partial charge in [0.25, 0.3) is 5.91 Å². The minimum Gasteiger partial charge on any atom is -0.491 e. The van der Waals surface area contributed by atoms with Gasteiger partial charge in [0, 0.05) is 18.5 Å². The van der Waals surface area contributed by atoms with Crippen LogP contribution in [0.3, 0.4) is 0 Å². The molecule has 1 N–H and O–H groups in total. The minimum absolute atomic E-state index is 0.231. The Balaban J connectivity index is 1.42. The largest absolute Gasteiger partial charge is 0.491 e. The van der Waals surface area contributed by atoms with Crippen molar-refractivity contribution in [1.29, 1.82) is 0 Å². The van der Waals surface area contributed by atoms with Gasteiger partial charge < -0.3 is 14.6 Å². The highest BCUT2D eigenvalue weighted by Gasteiger charge is 2.12. The van der Waals surface area contributed by atoms with Crippen molar-refractivity contribution in [3.63, 3.8) is 0 Å². The van der Waals surface area contributed by atoms with Crippen LogP contribution in [0.1, 0.15) is 21.7 Å². The van der Waals surface area contributed by atoms with Gasteiger partial charge in [-0.05, 0) is 55.0 Å². The van der Waals surface area contributed by atoms with Crippen molar-refractivity contribution >= 4 is 16.9 Å². The molecular formula is C25H24FN3O2. The Morgan fingerprint density at radius 2 is 1.77 bits per heavy atom. The maximum absolute atomic E-state index is 13.0. The molecule has 31 heavy (non-hydrogen) atoms. The predicted molar refractivity (Wildman–Crippen MR) is 119 cm³/mol. The van der Waals surface area contributed by atoms with E-state index in [-0.39, 0.29) is 11.7 Å². The van der Waals surface area contributed by atoms with Crippen molar-refractivity contribution in [2.75, 3.05) is 13.2 Å². The first-order valence-electron chi connectivity index (χ1n) is 10.3. The molecule has 4 aromatic rings. The molecule has 5 nitrogen and oxygen atoms in total. The summed E-state index contributed by atoms with van der Waals surface area (Å²) < 4.78 is 21.2. The van der Waals surface area contributed by atoms with Crippen molar-refractivity contribution in [3.8, 4) is 5.75 Å². The number of aryl methyl sites for hydroxylation is 1. The summed E-state index contributed by atoms with van der Waals surface area (Å²) in [5.74, 6) is 1.16. The molecular weight excluding hydrogens is 393 g/mol. The normalized spacial score (nSPS) is 10.9. The molecule has 1 heterocycles. The third-order valence-electron chi connectivity index (χ3n) is 5.14. The maximum atomic E-state index is 13.0. The van der Waals surface area contributed by atoms with Gasteiger partial charge >= 0.3 is 0 Å². The number of rotatable bonds is 8. The summed E-state index contributed by atoms with van der Waals surface area (Å²) in [7, 11) is 0. The molecule has 0 saturated heterocycles. The smallest absolute Gasteiger partial charge is 0.251 e. The molecule has 0 aliphatic rings. The molecule has 0 unspecified atom stereocenters. The molecule has 6 heteroatoms. The van der Waals surface area contributed by atoms with Crippen LogP contribution in [0.2, 0.25) is 0 Å². The van der Waals surface area contributed by atoms with Gasteiger partial charge in [-0.2, -0.15) is 0 Å². The molecule has 3 aromatic carbocycles. The second-order valence-corrected chi connectivity index (χ2v) is 7.30. The predicted octanol–water partition coefficient (Wildman–Crippen LogP) is 4.54. The van der Waals surface area contributed by atoms with E-state index in [0.29, 0.717) is 31.7 Å². The van der Waals surface area contributed by atoms with Gasteiger partial charge in [-0.3, -0.25) is 4.79 Å². The van der Waals surface area contributed by atoms with Crippen LogP contribution in [0.5, 0.6) is 5.75 Å². The Morgan fingerprint density at radius 1 is 1.03 bits per heavy atom. The molecule has 0 saturated carbocycles. The number of para-hydroxylation sites is 3. The van der Waals surface area contributed by atoms with Gasteiger partial charge in [0.2, 0.25) is 0 Å². The first-order valence-corrected chi connectivity index (χ1v) is 10.3. The fraction of sp³-hybridized carbons (Fsp3) is 0.200. The quantitative estimate of drug-likeness (QED) is 0.458. The van der Waals surface area contributed by atoms with Gasteiger partial charge in [-0.25, -0.2) is 9.37 Å². The second-order valence-electron chi connectivity index (χ2n) is 7.30. The van der Waals surface area contributed by atoms with E-state index in [1.54, 1.807) is 0 Å². The van der Waals surface area contributed by atoms with Crippen molar-refractivity contribution < 1.29 is 13.9 Å². The summed E-state index contributed by atoms with van der Waals surface area (Å²) in [4.78, 5) is 17.0. The summed E-state index contributed by atoms with van der Waals surface area (Å²) >= 11 is 0. The maximum Gasteiger partial charge on any atom is 0.251 e.